The molecule has 0 radical (unpaired) electrons. The van der Waals surface area contributed by atoms with Gasteiger partial charge >= 0.3 is 39.5 Å². The van der Waals surface area contributed by atoms with Crippen LogP contribution in [-0.4, -0.2) is 96.7 Å². The SMILES string of the molecule is CCCCCC/C=C\C=C/CCCCCCCC(=O)OC[C@H](COP(=O)(O)OC[C@@H](O)COP(=O)(O)OC[C@@H](COC(=O)CCCCCCCCC(C)CC)OC(=O)CCCCCCCCCCCCCCC(C)C)OC(=O)CCCCCCCCCCCC(C)C. The fourth-order valence-corrected chi connectivity index (χ4v) is 12.1. The van der Waals surface area contributed by atoms with Crippen LogP contribution in [0.4, 0.5) is 0 Å². The number of carbonyl (C=O) groups excluding carboxylic acids is 4. The van der Waals surface area contributed by atoms with E-state index < -0.39 is 97.5 Å². The summed E-state index contributed by atoms with van der Waals surface area (Å²) in [6.07, 6.45) is 50.8. The van der Waals surface area contributed by atoms with Gasteiger partial charge in [0.2, 0.25) is 0 Å². The van der Waals surface area contributed by atoms with Crippen LogP contribution in [0.25, 0.3) is 0 Å². The van der Waals surface area contributed by atoms with E-state index in [1.165, 1.54) is 128 Å². The molecule has 0 bridgehead atoms. The molecule has 3 N–H and O–H groups in total. The summed E-state index contributed by atoms with van der Waals surface area (Å²) in [4.78, 5) is 72.6. The molecule has 0 aromatic carbocycles. The van der Waals surface area contributed by atoms with Crippen LogP contribution in [0.3, 0.4) is 0 Å². The Morgan fingerprint density at radius 2 is 0.641 bits per heavy atom. The third-order valence-electron chi connectivity index (χ3n) is 16.6. The summed E-state index contributed by atoms with van der Waals surface area (Å²) in [5.74, 6) is 0.0836. The number of unbranched alkanes of at least 4 members (excludes halogenated alkanes) is 33. The predicted molar refractivity (Wildman–Crippen MR) is 372 cm³/mol. The third-order valence-corrected chi connectivity index (χ3v) is 18.5. The average Bonchev–Trinajstić information content (AvgIpc) is 1.71. The number of aliphatic hydroxyl groups excluding tert-OH is 1. The molecule has 542 valence electrons. The van der Waals surface area contributed by atoms with Crippen LogP contribution in [-0.2, 0) is 65.4 Å². The van der Waals surface area contributed by atoms with Crippen LogP contribution in [0.1, 0.15) is 344 Å². The van der Waals surface area contributed by atoms with Crippen molar-refractivity contribution in [3.63, 3.8) is 0 Å². The average molecular weight is 1350 g/mol. The van der Waals surface area contributed by atoms with E-state index in [4.69, 9.17) is 37.0 Å². The highest BCUT2D eigenvalue weighted by Gasteiger charge is 2.30. The molecule has 0 saturated heterocycles. The molecule has 6 atom stereocenters. The Morgan fingerprint density at radius 3 is 0.967 bits per heavy atom. The summed E-state index contributed by atoms with van der Waals surface area (Å²) in [5.41, 5.74) is 0. The zero-order valence-corrected chi connectivity index (χ0v) is 61.3. The van der Waals surface area contributed by atoms with E-state index in [1.807, 2.05) is 0 Å². The Balaban J connectivity index is 5.28. The second-order valence-corrected chi connectivity index (χ2v) is 29.7. The molecule has 19 heteroatoms. The van der Waals surface area contributed by atoms with E-state index in [0.29, 0.717) is 25.7 Å². The molecule has 17 nitrogen and oxygen atoms in total. The first-order chi connectivity index (χ1) is 44.3. The smallest absolute Gasteiger partial charge is 0.462 e. The van der Waals surface area contributed by atoms with Gasteiger partial charge in [0.05, 0.1) is 26.4 Å². The maximum absolute atomic E-state index is 13.0. The van der Waals surface area contributed by atoms with Crippen molar-refractivity contribution in [2.45, 2.75) is 362 Å². The van der Waals surface area contributed by atoms with Gasteiger partial charge in [-0.05, 0) is 69.1 Å². The van der Waals surface area contributed by atoms with E-state index in [1.54, 1.807) is 0 Å². The van der Waals surface area contributed by atoms with Gasteiger partial charge < -0.3 is 33.8 Å². The summed E-state index contributed by atoms with van der Waals surface area (Å²) in [7, 11) is -9.92. The third kappa shape index (κ3) is 64.9. The van der Waals surface area contributed by atoms with Crippen molar-refractivity contribution >= 4 is 39.5 Å². The van der Waals surface area contributed by atoms with Crippen LogP contribution in [0.5, 0.6) is 0 Å². The molecule has 0 aliphatic carbocycles. The van der Waals surface area contributed by atoms with Gasteiger partial charge in [-0.3, -0.25) is 37.3 Å². The van der Waals surface area contributed by atoms with E-state index in [0.717, 1.165) is 133 Å². The first-order valence-corrected chi connectivity index (χ1v) is 40.2. The van der Waals surface area contributed by atoms with Crippen LogP contribution in [0, 0.1) is 17.8 Å². The highest BCUT2D eigenvalue weighted by Crippen LogP contribution is 2.45. The predicted octanol–water partition coefficient (Wildman–Crippen LogP) is 20.6. The van der Waals surface area contributed by atoms with Crippen LogP contribution in [0.15, 0.2) is 24.3 Å². The fourth-order valence-electron chi connectivity index (χ4n) is 10.5. The molecule has 0 aliphatic heterocycles. The largest absolute Gasteiger partial charge is 0.472 e. The lowest BCUT2D eigenvalue weighted by molar-refractivity contribution is -0.161. The Labute approximate surface area is 561 Å². The van der Waals surface area contributed by atoms with E-state index in [2.05, 4.69) is 72.8 Å². The van der Waals surface area contributed by atoms with Crippen molar-refractivity contribution in [2.24, 2.45) is 17.8 Å². The lowest BCUT2D eigenvalue weighted by atomic mass is 10.00. The van der Waals surface area contributed by atoms with Crippen molar-refractivity contribution in [1.82, 2.24) is 0 Å². The van der Waals surface area contributed by atoms with Gasteiger partial charge in [0.25, 0.3) is 0 Å². The van der Waals surface area contributed by atoms with Gasteiger partial charge in [-0.1, -0.05) is 291 Å². The minimum absolute atomic E-state index is 0.0980. The Hall–Kier alpha value is -2.46. The van der Waals surface area contributed by atoms with Crippen LogP contribution >= 0.6 is 15.6 Å². The quantitative estimate of drug-likeness (QED) is 0.0169. The van der Waals surface area contributed by atoms with Crippen LogP contribution < -0.4 is 0 Å². The summed E-state index contributed by atoms with van der Waals surface area (Å²) >= 11 is 0. The van der Waals surface area contributed by atoms with E-state index >= 15 is 0 Å². The zero-order chi connectivity index (χ0) is 68.0. The summed E-state index contributed by atoms with van der Waals surface area (Å²) in [5, 5.41) is 10.6. The van der Waals surface area contributed by atoms with Crippen molar-refractivity contribution in [2.75, 3.05) is 39.6 Å². The standard InChI is InChI=1S/C73H138O17P2/c1-8-10-11-12-13-14-15-16-17-18-22-27-32-40-47-54-70(75)83-60-68(89-73(78)57-50-43-34-29-24-26-31-38-45-52-65(5)6)62-87-91(79,80)85-58-67(74)59-86-92(81,82)88-63-69(61-84-71(76)55-48-41-36-35-39-46-53-66(7)9-2)90-72(77)56-49-42-33-28-23-20-19-21-25-30-37-44-51-64(3)4/h14-17,64-69,74H,8-13,18-63H2,1-7H3,(H,79,80)(H,81,82)/b15-14-,17-16-/t66?,67-,68-,69-/m1/s1. The molecule has 0 heterocycles. The number of hydrogen-bond acceptors (Lipinski definition) is 15. The minimum atomic E-state index is -4.96. The first kappa shape index (κ1) is 89.5. The number of rotatable bonds is 69. The van der Waals surface area contributed by atoms with Gasteiger partial charge in [0.15, 0.2) is 12.2 Å². The van der Waals surface area contributed by atoms with Gasteiger partial charge in [0.1, 0.15) is 19.3 Å². The highest BCUT2D eigenvalue weighted by molar-refractivity contribution is 7.47. The van der Waals surface area contributed by atoms with E-state index in [-0.39, 0.29) is 25.7 Å². The first-order valence-electron chi connectivity index (χ1n) is 37.2. The second-order valence-electron chi connectivity index (χ2n) is 26.8. The molecular weight excluding hydrogens is 1210 g/mol. The lowest BCUT2D eigenvalue weighted by Crippen LogP contribution is -2.30. The molecule has 3 unspecified atom stereocenters. The molecular formula is C73H138O17P2. The molecule has 0 aliphatic rings. The number of allylic oxidation sites excluding steroid dienone is 4. The van der Waals surface area contributed by atoms with Crippen molar-refractivity contribution < 1.29 is 80.2 Å². The number of aliphatic hydroxyl groups is 1. The Morgan fingerprint density at radius 1 is 0.359 bits per heavy atom. The summed E-state index contributed by atoms with van der Waals surface area (Å²) in [6.45, 7) is 11.7. The maximum atomic E-state index is 13.0. The fraction of sp³-hybridized carbons (Fsp3) is 0.890. The molecule has 0 spiro atoms. The molecule has 0 aromatic heterocycles. The minimum Gasteiger partial charge on any atom is -0.462 e. The Kier molecular flexibility index (Phi) is 61.6. The number of phosphoric ester groups is 2. The molecule has 0 saturated carbocycles. The Bertz CT molecular complexity index is 1900. The van der Waals surface area contributed by atoms with Crippen molar-refractivity contribution in [3.05, 3.63) is 24.3 Å². The molecule has 0 amide bonds. The van der Waals surface area contributed by atoms with Gasteiger partial charge in [0, 0.05) is 25.7 Å². The molecule has 92 heavy (non-hydrogen) atoms. The highest BCUT2D eigenvalue weighted by atomic mass is 31.2. The number of phosphoric acid groups is 2. The topological polar surface area (TPSA) is 237 Å². The molecule has 0 rings (SSSR count). The van der Waals surface area contributed by atoms with Gasteiger partial charge in [-0.15, -0.1) is 0 Å². The molecule has 0 fully saturated rings. The maximum Gasteiger partial charge on any atom is 0.472 e. The summed E-state index contributed by atoms with van der Waals surface area (Å²) in [6, 6.07) is 0. The molecule has 0 aromatic rings. The number of carbonyl (C=O) groups is 4. The van der Waals surface area contributed by atoms with Gasteiger partial charge in [-0.25, -0.2) is 9.13 Å². The van der Waals surface area contributed by atoms with E-state index in [9.17, 15) is 43.2 Å². The number of hydrogen-bond donors (Lipinski definition) is 3. The van der Waals surface area contributed by atoms with Crippen molar-refractivity contribution in [1.29, 1.82) is 0 Å². The summed E-state index contributed by atoms with van der Waals surface area (Å²) < 4.78 is 68.3. The van der Waals surface area contributed by atoms with Crippen molar-refractivity contribution in [3.8, 4) is 0 Å². The monoisotopic (exact) mass is 1350 g/mol. The normalized spacial score (nSPS) is 14.6. The lowest BCUT2D eigenvalue weighted by Gasteiger charge is -2.21. The van der Waals surface area contributed by atoms with Crippen LogP contribution in [0.2, 0.25) is 0 Å². The number of ether oxygens (including phenoxy) is 4. The van der Waals surface area contributed by atoms with Gasteiger partial charge in [-0.2, -0.15) is 0 Å². The number of esters is 4. The zero-order valence-electron chi connectivity index (χ0n) is 59.5. The second kappa shape index (κ2) is 63.3.